The van der Waals surface area contributed by atoms with Crippen molar-refractivity contribution >= 4 is 29.7 Å². The molecule has 0 unspecified atom stereocenters. The third-order valence-electron chi connectivity index (χ3n) is 2.45. The predicted octanol–water partition coefficient (Wildman–Crippen LogP) is 3.43. The van der Waals surface area contributed by atoms with E-state index in [1.165, 1.54) is 51.4 Å². The van der Waals surface area contributed by atoms with Crippen molar-refractivity contribution in [2.45, 2.75) is 74.8 Å². The third kappa shape index (κ3) is 32.7. The quantitative estimate of drug-likeness (QED) is 0.239. The Morgan fingerprint density at radius 3 is 1.53 bits per heavy atom. The van der Waals surface area contributed by atoms with E-state index in [1.807, 2.05) is 0 Å². The van der Waals surface area contributed by atoms with Gasteiger partial charge >= 0.3 is 95.5 Å². The Hall–Kier alpha value is 1.41. The zero-order chi connectivity index (χ0) is 15.1. The smallest absolute Gasteiger partial charge is 0.160 e. The fraction of sp³-hybridized carbons (Fsp3) is 1.00. The van der Waals surface area contributed by atoms with E-state index in [1.54, 1.807) is 0 Å². The summed E-state index contributed by atoms with van der Waals surface area (Å²) in [5, 5.41) is 0. The second-order valence-electron chi connectivity index (χ2n) is 4.42. The molecule has 0 fully saturated rings. The fourth-order valence-electron chi connectivity index (χ4n) is 1.48. The van der Waals surface area contributed by atoms with Gasteiger partial charge in [-0.2, -0.15) is 11.8 Å². The molecule has 19 heavy (non-hydrogen) atoms. The van der Waals surface area contributed by atoms with Gasteiger partial charge in [0.05, 0.1) is 0 Å². The summed E-state index contributed by atoms with van der Waals surface area (Å²) in [4.78, 5) is 20.7. The minimum absolute atomic E-state index is 1.08. The first kappa shape index (κ1) is 22.7. The Bertz CT molecular complexity index is 237. The van der Waals surface area contributed by atoms with Crippen molar-refractivity contribution in [2.24, 2.45) is 0 Å². The van der Waals surface area contributed by atoms with Gasteiger partial charge in [0, 0.05) is 0 Å². The molecular weight excluding hydrogens is 383 g/mol. The van der Waals surface area contributed by atoms with E-state index >= 15 is 0 Å². The van der Waals surface area contributed by atoms with Crippen LogP contribution in [0.2, 0.25) is 9.62 Å². The molecule has 0 aliphatic rings. The van der Waals surface area contributed by atoms with Gasteiger partial charge in [0.15, 0.2) is 0 Å². The number of unbranched alkanes of at least 4 members (excludes halogenated alkanes) is 6. The summed E-state index contributed by atoms with van der Waals surface area (Å²) < 4.78 is 11.6. The Morgan fingerprint density at radius 1 is 0.947 bits per heavy atom. The first-order valence-electron chi connectivity index (χ1n) is 6.89. The molecule has 0 aromatic carbocycles. The van der Waals surface area contributed by atoms with E-state index in [0.29, 0.717) is 0 Å². The van der Waals surface area contributed by atoms with Gasteiger partial charge in [0.25, 0.3) is 0 Å². The van der Waals surface area contributed by atoms with E-state index in [-0.39, 0.29) is 0 Å². The second kappa shape index (κ2) is 15.8. The summed E-state index contributed by atoms with van der Waals surface area (Å²) in [6, 6.07) is 0. The van der Waals surface area contributed by atoms with Crippen molar-refractivity contribution in [1.29, 1.82) is 0 Å². The normalized spacial score (nSPS) is 10.8. The first-order chi connectivity index (χ1) is 8.81. The van der Waals surface area contributed by atoms with Gasteiger partial charge in [0.2, 0.25) is 0 Å². The van der Waals surface area contributed by atoms with Crippen LogP contribution >= 0.6 is 5.69 Å². The van der Waals surface area contributed by atoms with Crippen LogP contribution in [0, 0.1) is 0 Å². The van der Waals surface area contributed by atoms with Crippen molar-refractivity contribution in [2.75, 3.05) is 0 Å². The van der Waals surface area contributed by atoms with Crippen LogP contribution in [0.1, 0.15) is 65.2 Å². The fourth-order valence-corrected chi connectivity index (χ4v) is 4.57. The molecule has 0 aromatic rings. The third-order valence-corrected chi connectivity index (χ3v) is 6.11. The molecule has 7 heteroatoms. The van der Waals surface area contributed by atoms with Gasteiger partial charge in [-0.25, -0.2) is 0 Å². The van der Waals surface area contributed by atoms with Crippen molar-refractivity contribution in [1.82, 2.24) is 0 Å². The van der Waals surface area contributed by atoms with Crippen LogP contribution in [0.25, 0.3) is 0 Å². The summed E-state index contributed by atoms with van der Waals surface area (Å²) in [5.41, 5.74) is -3.72. The molecule has 0 heterocycles. The molecule has 0 bridgehead atoms. The summed E-state index contributed by atoms with van der Waals surface area (Å²) in [5.74, 6) is 0. The molecule has 0 amide bonds. The molecule has 115 valence electrons. The van der Waals surface area contributed by atoms with Gasteiger partial charge in [-0.05, 0) is 0 Å². The van der Waals surface area contributed by atoms with Crippen molar-refractivity contribution < 1.29 is 30.5 Å². The van der Waals surface area contributed by atoms with E-state index in [4.69, 9.17) is 0 Å². The SMILES string of the molecule is CCCCC[CH2][Mo+3](=[O])[CH2]CCCCC.[O-]P([O-])(=S)[S-]. The molecule has 0 aliphatic carbocycles. The summed E-state index contributed by atoms with van der Waals surface area (Å²) in [7, 11) is 0. The van der Waals surface area contributed by atoms with Crippen LogP contribution in [0.3, 0.4) is 0 Å². The number of hydrogen-bond donors (Lipinski definition) is 0. The minimum atomic E-state index is -3.72. The van der Waals surface area contributed by atoms with Crippen LogP contribution < -0.4 is 9.79 Å². The maximum absolute atomic E-state index is 11.6. The molecule has 0 aromatic heterocycles. The first-order valence-corrected chi connectivity index (χ1v) is 14.2. The molecule has 0 atom stereocenters. The largest absolute Gasteiger partial charge is 0.850 e. The maximum atomic E-state index is 11.6. The standard InChI is InChI=1S/2C6H13.Mo.H3O2PS2.O/c2*1-3-5-6-4-2;;1-3(2,4)5;/h2*1,3-6H2,2H3;;(H3,1,2,4,5);/q;;+3;;/p-3. The molecule has 0 N–H and O–H groups in total. The molecule has 3 nitrogen and oxygen atoms in total. The Kier molecular flexibility index (Phi) is 18.9. The van der Waals surface area contributed by atoms with Gasteiger partial charge in [0.1, 0.15) is 0 Å². The van der Waals surface area contributed by atoms with E-state index in [9.17, 15) is 13.2 Å². The predicted molar refractivity (Wildman–Crippen MR) is 80.2 cm³/mol. The zero-order valence-corrected chi connectivity index (χ0v) is 16.5. The average molecular weight is 409 g/mol. The van der Waals surface area contributed by atoms with Gasteiger partial charge in [-0.1, -0.05) is 0 Å². The van der Waals surface area contributed by atoms with Crippen molar-refractivity contribution in [3.63, 3.8) is 0 Å². The van der Waals surface area contributed by atoms with Crippen molar-refractivity contribution in [3.8, 4) is 0 Å². The average Bonchev–Trinajstić information content (AvgIpc) is 2.28. The molecular formula is C12H26MoO3PS2. The summed E-state index contributed by atoms with van der Waals surface area (Å²) in [6.45, 7) is 4.44. The van der Waals surface area contributed by atoms with Crippen LogP contribution in [0.4, 0.5) is 0 Å². The van der Waals surface area contributed by atoms with Crippen LogP contribution in [0.5, 0.6) is 0 Å². The van der Waals surface area contributed by atoms with Crippen LogP contribution in [0.15, 0.2) is 0 Å². The Balaban J connectivity index is 0. The molecule has 0 saturated heterocycles. The maximum Gasteiger partial charge on any atom is -0.160 e. The zero-order valence-electron chi connectivity index (χ0n) is 12.0. The molecule has 0 saturated carbocycles. The number of hydrogen-bond acceptors (Lipinski definition) is 5. The summed E-state index contributed by atoms with van der Waals surface area (Å²) >= 11 is 5.46. The van der Waals surface area contributed by atoms with Gasteiger partial charge in [-0.3, -0.25) is 0 Å². The summed E-state index contributed by atoms with van der Waals surface area (Å²) in [6.07, 6.45) is 10.3. The topological polar surface area (TPSA) is 63.2 Å². The van der Waals surface area contributed by atoms with E-state index < -0.39 is 23.0 Å². The monoisotopic (exact) mass is 411 g/mol. The van der Waals surface area contributed by atoms with Crippen LogP contribution in [-0.4, -0.2) is 0 Å². The minimum Gasteiger partial charge on any atom is -0.850 e. The van der Waals surface area contributed by atoms with E-state index in [0.717, 1.165) is 9.62 Å². The molecule has 0 aliphatic heterocycles. The van der Waals surface area contributed by atoms with Gasteiger partial charge < -0.3 is 27.7 Å². The molecule has 0 rings (SSSR count). The Labute approximate surface area is 134 Å². The second-order valence-corrected chi connectivity index (χ2v) is 13.1. The van der Waals surface area contributed by atoms with Gasteiger partial charge in [-0.15, -0.1) is 0 Å². The van der Waals surface area contributed by atoms with E-state index in [2.05, 4.69) is 37.9 Å². The molecule has 0 radical (unpaired) electrons. The van der Waals surface area contributed by atoms with Crippen LogP contribution in [-0.2, 0) is 44.7 Å². The molecule has 0 spiro atoms. The Morgan fingerprint density at radius 2 is 1.26 bits per heavy atom. The number of rotatable bonds is 10. The van der Waals surface area contributed by atoms with Crippen molar-refractivity contribution in [3.05, 3.63) is 0 Å².